The number of aromatic nitrogens is 1. The number of fused-ring (bicyclic) bond motifs is 1. The lowest BCUT2D eigenvalue weighted by molar-refractivity contribution is -0.130. The van der Waals surface area contributed by atoms with E-state index in [1.54, 1.807) is 28.0 Å². The van der Waals surface area contributed by atoms with Gasteiger partial charge in [-0.1, -0.05) is 6.07 Å². The van der Waals surface area contributed by atoms with Gasteiger partial charge in [0.2, 0.25) is 5.91 Å². The quantitative estimate of drug-likeness (QED) is 0.836. The molecule has 27 heavy (non-hydrogen) atoms. The van der Waals surface area contributed by atoms with Gasteiger partial charge in [-0.25, -0.2) is 9.59 Å². The number of carbonyl (C=O) groups is 2. The Labute approximate surface area is 157 Å². The summed E-state index contributed by atoms with van der Waals surface area (Å²) < 4.78 is 4.98. The first-order valence-corrected chi connectivity index (χ1v) is 9.18. The predicted molar refractivity (Wildman–Crippen MR) is 102 cm³/mol. The van der Waals surface area contributed by atoms with Crippen molar-refractivity contribution < 1.29 is 14.0 Å². The van der Waals surface area contributed by atoms with Crippen LogP contribution in [0.5, 0.6) is 0 Å². The highest BCUT2D eigenvalue weighted by molar-refractivity contribution is 5.81. The van der Waals surface area contributed by atoms with Crippen LogP contribution in [0.2, 0.25) is 0 Å². The lowest BCUT2D eigenvalue weighted by Crippen LogP contribution is -2.49. The van der Waals surface area contributed by atoms with Crippen molar-refractivity contribution in [3.8, 4) is 0 Å². The average Bonchev–Trinajstić information content (AvgIpc) is 2.78. The zero-order valence-electron chi connectivity index (χ0n) is 16.0. The third kappa shape index (κ3) is 4.90. The number of carbonyl (C=O) groups excluding carboxylic acids is 2. The van der Waals surface area contributed by atoms with Crippen LogP contribution in [0.25, 0.3) is 11.1 Å². The van der Waals surface area contributed by atoms with E-state index < -0.39 is 5.76 Å². The van der Waals surface area contributed by atoms with Gasteiger partial charge in [0, 0.05) is 31.7 Å². The second kappa shape index (κ2) is 7.46. The number of H-pyrrole nitrogens is 1. The fraction of sp³-hybridized carbons (Fsp3) is 0.526. The largest absolute Gasteiger partial charge is 0.417 e. The number of hydrogen-bond acceptors (Lipinski definition) is 4. The fourth-order valence-corrected chi connectivity index (χ4v) is 3.17. The van der Waals surface area contributed by atoms with Crippen molar-refractivity contribution in [1.82, 2.24) is 20.1 Å². The molecule has 1 fully saturated rings. The molecule has 0 aliphatic carbocycles. The fourth-order valence-electron chi connectivity index (χ4n) is 3.17. The van der Waals surface area contributed by atoms with Gasteiger partial charge in [0.15, 0.2) is 5.58 Å². The summed E-state index contributed by atoms with van der Waals surface area (Å²) in [5.74, 6) is -0.493. The first-order valence-electron chi connectivity index (χ1n) is 9.18. The molecule has 0 spiro atoms. The van der Waals surface area contributed by atoms with Crippen molar-refractivity contribution >= 4 is 23.0 Å². The minimum Gasteiger partial charge on any atom is -0.408 e. The third-order valence-corrected chi connectivity index (χ3v) is 4.46. The van der Waals surface area contributed by atoms with Crippen molar-refractivity contribution in [3.63, 3.8) is 0 Å². The van der Waals surface area contributed by atoms with E-state index in [1.165, 1.54) is 0 Å². The van der Waals surface area contributed by atoms with Crippen LogP contribution in [0.15, 0.2) is 27.4 Å². The van der Waals surface area contributed by atoms with Gasteiger partial charge in [-0.05, 0) is 44.9 Å². The molecule has 3 amide bonds. The number of nitrogens with zero attached hydrogens (tertiary/aromatic N) is 2. The maximum Gasteiger partial charge on any atom is 0.417 e. The monoisotopic (exact) mass is 374 g/mol. The Morgan fingerprint density at radius 2 is 1.85 bits per heavy atom. The van der Waals surface area contributed by atoms with E-state index >= 15 is 0 Å². The summed E-state index contributed by atoms with van der Waals surface area (Å²) in [4.78, 5) is 42.4. The SMILES string of the molecule is CC(C)(C)NC(=O)N1CCCN(C(=O)Cc2ccc3oc(=O)[nH]c3c2)CC1. The molecule has 0 atom stereocenters. The number of nitrogens with one attached hydrogen (secondary N) is 2. The molecule has 146 valence electrons. The smallest absolute Gasteiger partial charge is 0.408 e. The van der Waals surface area contributed by atoms with Crippen LogP contribution < -0.4 is 11.1 Å². The second-order valence-corrected chi connectivity index (χ2v) is 7.92. The van der Waals surface area contributed by atoms with Crippen molar-refractivity contribution in [1.29, 1.82) is 0 Å². The van der Waals surface area contributed by atoms with E-state index in [-0.39, 0.29) is 23.9 Å². The van der Waals surface area contributed by atoms with E-state index in [9.17, 15) is 14.4 Å². The minimum atomic E-state index is -0.505. The molecule has 2 heterocycles. The Kier molecular flexibility index (Phi) is 5.25. The molecule has 8 nitrogen and oxygen atoms in total. The second-order valence-electron chi connectivity index (χ2n) is 7.92. The lowest BCUT2D eigenvalue weighted by atomic mass is 10.1. The van der Waals surface area contributed by atoms with Crippen LogP contribution >= 0.6 is 0 Å². The van der Waals surface area contributed by atoms with Gasteiger partial charge in [0.25, 0.3) is 0 Å². The summed E-state index contributed by atoms with van der Waals surface area (Å²) in [5, 5.41) is 2.97. The molecule has 2 N–H and O–H groups in total. The van der Waals surface area contributed by atoms with Gasteiger partial charge < -0.3 is 19.5 Å². The molecule has 0 bridgehead atoms. The first kappa shape index (κ1) is 19.0. The Morgan fingerprint density at radius 3 is 2.59 bits per heavy atom. The molecular formula is C19H26N4O4. The van der Waals surface area contributed by atoms with Gasteiger partial charge in [-0.15, -0.1) is 0 Å². The minimum absolute atomic E-state index is 0.0123. The number of aromatic amines is 1. The van der Waals surface area contributed by atoms with E-state index in [4.69, 9.17) is 4.42 Å². The number of urea groups is 1. The molecule has 0 saturated carbocycles. The summed E-state index contributed by atoms with van der Waals surface area (Å²) >= 11 is 0. The third-order valence-electron chi connectivity index (χ3n) is 4.46. The van der Waals surface area contributed by atoms with Gasteiger partial charge in [0.1, 0.15) is 0 Å². The Balaban J connectivity index is 1.60. The van der Waals surface area contributed by atoms with Gasteiger partial charge in [-0.3, -0.25) is 9.78 Å². The number of rotatable bonds is 2. The molecule has 2 aromatic rings. The number of benzene rings is 1. The van der Waals surface area contributed by atoms with Crippen LogP contribution in [-0.4, -0.2) is 58.4 Å². The van der Waals surface area contributed by atoms with E-state index in [0.717, 1.165) is 12.0 Å². The summed E-state index contributed by atoms with van der Waals surface area (Å²) in [7, 11) is 0. The highest BCUT2D eigenvalue weighted by atomic mass is 16.4. The number of oxazole rings is 1. The first-order chi connectivity index (χ1) is 12.7. The topological polar surface area (TPSA) is 98.7 Å². The van der Waals surface area contributed by atoms with Crippen LogP contribution in [-0.2, 0) is 11.2 Å². The summed E-state index contributed by atoms with van der Waals surface area (Å²) in [6, 6.07) is 5.15. The van der Waals surface area contributed by atoms with Crippen LogP contribution in [0, 0.1) is 0 Å². The van der Waals surface area contributed by atoms with Gasteiger partial charge in [-0.2, -0.15) is 0 Å². The molecular weight excluding hydrogens is 348 g/mol. The molecule has 1 saturated heterocycles. The normalized spacial score (nSPS) is 15.7. The van der Waals surface area contributed by atoms with Crippen molar-refractivity contribution in [2.24, 2.45) is 0 Å². The predicted octanol–water partition coefficient (Wildman–Crippen LogP) is 1.71. The van der Waals surface area contributed by atoms with Crippen LogP contribution in [0.4, 0.5) is 4.79 Å². The molecule has 3 rings (SSSR count). The maximum atomic E-state index is 12.7. The lowest BCUT2D eigenvalue weighted by Gasteiger charge is -2.27. The highest BCUT2D eigenvalue weighted by Crippen LogP contribution is 2.14. The molecule has 0 unspecified atom stereocenters. The Bertz CT molecular complexity index is 893. The molecule has 1 aliphatic heterocycles. The van der Waals surface area contributed by atoms with Crippen molar-refractivity contribution in [2.75, 3.05) is 26.2 Å². The molecule has 1 aromatic carbocycles. The Morgan fingerprint density at radius 1 is 1.15 bits per heavy atom. The highest BCUT2D eigenvalue weighted by Gasteiger charge is 2.24. The average molecular weight is 374 g/mol. The summed E-state index contributed by atoms with van der Waals surface area (Å²) in [5.41, 5.74) is 1.60. The van der Waals surface area contributed by atoms with Crippen LogP contribution in [0.3, 0.4) is 0 Å². The molecule has 1 aliphatic rings. The van der Waals surface area contributed by atoms with Crippen molar-refractivity contribution in [3.05, 3.63) is 34.3 Å². The van der Waals surface area contributed by atoms with Crippen LogP contribution in [0.1, 0.15) is 32.8 Å². The summed E-state index contributed by atoms with van der Waals surface area (Å²) in [6.07, 6.45) is 0.995. The number of amides is 3. The van der Waals surface area contributed by atoms with E-state index in [2.05, 4.69) is 10.3 Å². The zero-order valence-corrected chi connectivity index (χ0v) is 16.0. The molecule has 0 radical (unpaired) electrons. The zero-order chi connectivity index (χ0) is 19.6. The van der Waals surface area contributed by atoms with Gasteiger partial charge in [0.05, 0.1) is 11.9 Å². The number of hydrogen-bond donors (Lipinski definition) is 2. The van der Waals surface area contributed by atoms with E-state index in [1.807, 2.05) is 20.8 Å². The molecule has 1 aromatic heterocycles. The maximum absolute atomic E-state index is 12.7. The van der Waals surface area contributed by atoms with Crippen molar-refractivity contribution in [2.45, 2.75) is 39.2 Å². The Hall–Kier alpha value is -2.77. The summed E-state index contributed by atoms with van der Waals surface area (Å²) in [6.45, 7) is 8.13. The van der Waals surface area contributed by atoms with Gasteiger partial charge >= 0.3 is 11.8 Å². The van der Waals surface area contributed by atoms with E-state index in [0.29, 0.717) is 37.3 Å². The molecule has 8 heteroatoms. The standard InChI is InChI=1S/C19H26N4O4/c1-19(2,3)21-17(25)23-8-4-7-22(9-10-23)16(24)12-13-5-6-15-14(11-13)20-18(26)27-15/h5-6,11H,4,7-10,12H2,1-3H3,(H,20,26)(H,21,25).